The number of pyridine rings is 1. The van der Waals surface area contributed by atoms with Crippen LogP contribution < -0.4 is 15.8 Å². The van der Waals surface area contributed by atoms with E-state index < -0.39 is 0 Å². The molecule has 1 heterocycles. The maximum Gasteiger partial charge on any atom is 0.215 e. The minimum Gasteiger partial charge on any atom is -0.481 e. The minimum absolute atomic E-state index is 0.495. The van der Waals surface area contributed by atoms with Crippen LogP contribution in [0.15, 0.2) is 12.1 Å². The van der Waals surface area contributed by atoms with Gasteiger partial charge in [-0.25, -0.2) is 0 Å². The molecule has 0 radical (unpaired) electrons. The quantitative estimate of drug-likeness (QED) is 0.861. The highest BCUT2D eigenvalue weighted by molar-refractivity contribution is 5.62. The predicted octanol–water partition coefficient (Wildman–Crippen LogP) is 3.05. The van der Waals surface area contributed by atoms with E-state index in [4.69, 9.17) is 10.5 Å². The molecule has 4 nitrogen and oxygen atoms in total. The first-order valence-corrected chi connectivity index (χ1v) is 6.80. The van der Waals surface area contributed by atoms with Gasteiger partial charge in [0.05, 0.1) is 12.8 Å². The van der Waals surface area contributed by atoms with Crippen molar-refractivity contribution in [3.63, 3.8) is 0 Å². The first-order valence-electron chi connectivity index (χ1n) is 6.80. The van der Waals surface area contributed by atoms with Gasteiger partial charge in [-0.2, -0.15) is 4.98 Å². The Morgan fingerprint density at radius 3 is 2.67 bits per heavy atom. The zero-order valence-corrected chi connectivity index (χ0v) is 11.3. The van der Waals surface area contributed by atoms with Gasteiger partial charge in [0.15, 0.2) is 5.82 Å². The van der Waals surface area contributed by atoms with Gasteiger partial charge in [0.25, 0.3) is 0 Å². The third-order valence-electron chi connectivity index (χ3n) is 3.87. The number of nitrogens with one attached hydrogen (secondary N) is 1. The van der Waals surface area contributed by atoms with Crippen molar-refractivity contribution >= 4 is 11.5 Å². The van der Waals surface area contributed by atoms with E-state index in [1.807, 2.05) is 6.07 Å². The second-order valence-electron chi connectivity index (χ2n) is 5.06. The summed E-state index contributed by atoms with van der Waals surface area (Å²) in [6.07, 6.45) is 6.32. The van der Waals surface area contributed by atoms with Gasteiger partial charge in [0.2, 0.25) is 5.88 Å². The molecular formula is C14H23N3O. The van der Waals surface area contributed by atoms with E-state index >= 15 is 0 Å². The van der Waals surface area contributed by atoms with Gasteiger partial charge < -0.3 is 15.8 Å². The third kappa shape index (κ3) is 3.06. The fourth-order valence-electron chi connectivity index (χ4n) is 2.59. The number of rotatable bonds is 4. The monoisotopic (exact) mass is 249 g/mol. The molecule has 1 aromatic rings. The third-order valence-corrected chi connectivity index (χ3v) is 3.87. The largest absolute Gasteiger partial charge is 0.481 e. The van der Waals surface area contributed by atoms with Crippen LogP contribution in [0.5, 0.6) is 5.88 Å². The Bertz CT molecular complexity index is 387. The highest BCUT2D eigenvalue weighted by atomic mass is 16.5. The molecule has 1 fully saturated rings. The van der Waals surface area contributed by atoms with Gasteiger partial charge in [0.1, 0.15) is 0 Å². The SMILES string of the molecule is CCC1CCC(Nc2nc(OC)ccc2N)CC1. The lowest BCUT2D eigenvalue weighted by Crippen LogP contribution is -2.26. The molecule has 2 rings (SSSR count). The number of aromatic nitrogens is 1. The van der Waals surface area contributed by atoms with E-state index in [0.717, 1.165) is 11.7 Å². The molecule has 0 unspecified atom stereocenters. The summed E-state index contributed by atoms with van der Waals surface area (Å²) >= 11 is 0. The lowest BCUT2D eigenvalue weighted by Gasteiger charge is -2.29. The highest BCUT2D eigenvalue weighted by Gasteiger charge is 2.20. The standard InChI is InChI=1S/C14H23N3O/c1-3-10-4-6-11(7-5-10)16-14-12(15)8-9-13(17-14)18-2/h8-11H,3-7,15H2,1-2H3,(H,16,17). The van der Waals surface area contributed by atoms with E-state index in [9.17, 15) is 0 Å². The Labute approximate surface area is 109 Å². The van der Waals surface area contributed by atoms with Crippen LogP contribution in [0.25, 0.3) is 0 Å². The smallest absolute Gasteiger partial charge is 0.215 e. The van der Waals surface area contributed by atoms with Crippen molar-refractivity contribution in [2.75, 3.05) is 18.2 Å². The van der Waals surface area contributed by atoms with E-state index in [2.05, 4.69) is 17.2 Å². The second-order valence-corrected chi connectivity index (χ2v) is 5.06. The summed E-state index contributed by atoms with van der Waals surface area (Å²) in [5, 5.41) is 3.45. The lowest BCUT2D eigenvalue weighted by molar-refractivity contribution is 0.329. The maximum atomic E-state index is 5.93. The first-order chi connectivity index (χ1) is 8.72. The number of anilines is 2. The van der Waals surface area contributed by atoms with Crippen LogP contribution in [0.1, 0.15) is 39.0 Å². The van der Waals surface area contributed by atoms with Crippen LogP contribution in [0.2, 0.25) is 0 Å². The van der Waals surface area contributed by atoms with Crippen LogP contribution in [-0.4, -0.2) is 18.1 Å². The van der Waals surface area contributed by atoms with Crippen molar-refractivity contribution in [3.8, 4) is 5.88 Å². The van der Waals surface area contributed by atoms with E-state index in [0.29, 0.717) is 17.6 Å². The molecule has 100 valence electrons. The van der Waals surface area contributed by atoms with Crippen molar-refractivity contribution in [2.45, 2.75) is 45.1 Å². The lowest BCUT2D eigenvalue weighted by atomic mass is 9.84. The molecule has 1 saturated carbocycles. The van der Waals surface area contributed by atoms with E-state index in [1.54, 1.807) is 13.2 Å². The summed E-state index contributed by atoms with van der Waals surface area (Å²) in [7, 11) is 1.62. The molecule has 0 saturated heterocycles. The molecule has 0 spiro atoms. The van der Waals surface area contributed by atoms with Gasteiger partial charge in [0, 0.05) is 12.1 Å². The number of nitrogen functional groups attached to an aromatic ring is 1. The van der Waals surface area contributed by atoms with Crippen molar-refractivity contribution in [3.05, 3.63) is 12.1 Å². The number of hydrogen-bond donors (Lipinski definition) is 2. The average molecular weight is 249 g/mol. The molecule has 1 aliphatic carbocycles. The van der Waals surface area contributed by atoms with Crippen molar-refractivity contribution in [1.29, 1.82) is 0 Å². The molecule has 0 atom stereocenters. The van der Waals surface area contributed by atoms with E-state index in [1.165, 1.54) is 32.1 Å². The fraction of sp³-hybridized carbons (Fsp3) is 0.643. The topological polar surface area (TPSA) is 60.2 Å². The number of hydrogen-bond acceptors (Lipinski definition) is 4. The van der Waals surface area contributed by atoms with Gasteiger partial charge in [-0.05, 0) is 37.7 Å². The van der Waals surface area contributed by atoms with Crippen LogP contribution >= 0.6 is 0 Å². The summed E-state index contributed by atoms with van der Waals surface area (Å²) < 4.78 is 5.13. The zero-order valence-electron chi connectivity index (χ0n) is 11.3. The Morgan fingerprint density at radius 1 is 1.33 bits per heavy atom. The van der Waals surface area contributed by atoms with Crippen molar-refractivity contribution in [2.24, 2.45) is 5.92 Å². The minimum atomic E-state index is 0.495. The summed E-state index contributed by atoms with van der Waals surface area (Å²) in [6, 6.07) is 4.12. The molecule has 4 heteroatoms. The molecular weight excluding hydrogens is 226 g/mol. The Kier molecular flexibility index (Phi) is 4.28. The number of nitrogens with zero attached hydrogens (tertiary/aromatic N) is 1. The van der Waals surface area contributed by atoms with Crippen LogP contribution in [0.4, 0.5) is 11.5 Å². The summed E-state index contributed by atoms with van der Waals surface area (Å²) in [6.45, 7) is 2.28. The van der Waals surface area contributed by atoms with Gasteiger partial charge >= 0.3 is 0 Å². The number of nitrogens with two attached hydrogens (primary N) is 1. The number of ether oxygens (including phenoxy) is 1. The molecule has 0 aromatic carbocycles. The normalized spacial score (nSPS) is 23.7. The average Bonchev–Trinajstić information content (AvgIpc) is 2.42. The molecule has 0 aliphatic heterocycles. The zero-order chi connectivity index (χ0) is 13.0. The predicted molar refractivity (Wildman–Crippen MR) is 74.9 cm³/mol. The van der Waals surface area contributed by atoms with Gasteiger partial charge in [-0.3, -0.25) is 0 Å². The highest BCUT2D eigenvalue weighted by Crippen LogP contribution is 2.29. The second kappa shape index (κ2) is 5.94. The molecule has 1 aromatic heterocycles. The Morgan fingerprint density at radius 2 is 2.06 bits per heavy atom. The van der Waals surface area contributed by atoms with E-state index in [-0.39, 0.29) is 0 Å². The molecule has 0 amide bonds. The molecule has 3 N–H and O–H groups in total. The van der Waals surface area contributed by atoms with Crippen LogP contribution in [0, 0.1) is 5.92 Å². The van der Waals surface area contributed by atoms with Crippen molar-refractivity contribution < 1.29 is 4.74 Å². The summed E-state index contributed by atoms with van der Waals surface area (Å²) in [5.41, 5.74) is 6.62. The van der Waals surface area contributed by atoms with Crippen LogP contribution in [0.3, 0.4) is 0 Å². The molecule has 0 bridgehead atoms. The van der Waals surface area contributed by atoms with Gasteiger partial charge in [-0.1, -0.05) is 13.3 Å². The Balaban J connectivity index is 1.97. The van der Waals surface area contributed by atoms with Crippen LogP contribution in [-0.2, 0) is 0 Å². The number of methoxy groups -OCH3 is 1. The summed E-state index contributed by atoms with van der Waals surface area (Å²) in [5.74, 6) is 2.27. The molecule has 1 aliphatic rings. The van der Waals surface area contributed by atoms with Gasteiger partial charge in [-0.15, -0.1) is 0 Å². The first kappa shape index (κ1) is 13.0. The molecule has 18 heavy (non-hydrogen) atoms. The fourth-order valence-corrected chi connectivity index (χ4v) is 2.59. The van der Waals surface area contributed by atoms with Crippen molar-refractivity contribution in [1.82, 2.24) is 4.98 Å². The maximum absolute atomic E-state index is 5.93. The summed E-state index contributed by atoms with van der Waals surface area (Å²) in [4.78, 5) is 4.37. The Hall–Kier alpha value is -1.45.